The van der Waals surface area contributed by atoms with Crippen molar-refractivity contribution in [2.75, 3.05) is 39.6 Å². The molecule has 34 heteroatoms. The highest BCUT2D eigenvalue weighted by atomic mass is 16.8. The van der Waals surface area contributed by atoms with Gasteiger partial charge in [0.1, 0.15) is 116 Å². The fourth-order valence-electron chi connectivity index (χ4n) is 15.0. The predicted molar refractivity (Wildman–Crippen MR) is 397 cm³/mol. The SMILES string of the molecule is CCCCCCCCCCCCCCC/C=C/[C@H](O)[C@H](CO[C@@H]1O[C@H](CO)[C@@H](O[C@@H]2O[C@H](CO)[C@H](O[C@@H]3O[C@H](CO)[C@H](O)[C@H](O[C@@H]4O[C@H](CO)[C@H](O)[C@H](O)[C@H]4O)[C@H]3NC(C)=O)[C@H](O[C@]3(C(=O)O)C[C@H](O)[C@@H](NC(C)=O)[C@H]([C@H](O)[C@H](O)CO)O3)[C@H]2O)[C@H](O)[C@H]1O)NC(=O)CCCCCCCCCCCCCCCCCCC. The lowest BCUT2D eigenvalue weighted by molar-refractivity contribution is -0.403. The third-order valence-corrected chi connectivity index (χ3v) is 21.6. The van der Waals surface area contributed by atoms with Crippen LogP contribution in [-0.2, 0) is 66.5 Å². The molecule has 3 amide bonds. The summed E-state index contributed by atoms with van der Waals surface area (Å²) in [5.41, 5.74) is 0. The third kappa shape index (κ3) is 31.4. The van der Waals surface area contributed by atoms with Gasteiger partial charge in [-0.15, -0.1) is 0 Å². The fourth-order valence-corrected chi connectivity index (χ4v) is 15.0. The quantitative estimate of drug-likeness (QED) is 0.0291. The Morgan fingerprint density at radius 3 is 1.39 bits per heavy atom. The summed E-state index contributed by atoms with van der Waals surface area (Å²) < 4.78 is 60.2. The zero-order valence-electron chi connectivity index (χ0n) is 65.6. The Balaban J connectivity index is 1.37. The molecule has 0 saturated carbocycles. The van der Waals surface area contributed by atoms with Crippen molar-refractivity contribution in [2.24, 2.45) is 0 Å². The Labute approximate surface area is 653 Å². The van der Waals surface area contributed by atoms with Crippen LogP contribution in [0.5, 0.6) is 0 Å². The molecule has 0 unspecified atom stereocenters. The standard InChI is InChI=1S/C77H139N3O31/c1-5-7-9-11-13-15-17-19-21-22-24-26-28-30-32-34-36-38-56(91)80-48(49(88)37-35-33-31-29-27-25-23-20-18-16-14-12-10-8-6-2)45-102-73-65(98)63(96)67(54(43-84)105-73)107-75-66(99)71(111-77(76(100)101)39-50(89)57(78-46(3)86)70(110-77)59(92)51(90)40-81)68(55(44-85)106-75)108-72-58(79-47(4)87)69(61(94)53(42-83)103-72)109-74-64(97)62(95)60(93)52(41-82)104-74/h35,37,48-55,57-75,81-85,88-90,92-99H,5-34,36,38-45H2,1-4H3,(H,78,86)(H,79,87)(H,80,91)(H,100,101)/b37-35+/t48-,49-,50-,51+,52+,53+,54+,55+,57+,58+,59+,60-,61-,62-,63+,64+,65+,66+,67+,68-,69+,70+,71+,72-,73+,74-,75-,77-/m0/s1. The first-order chi connectivity index (χ1) is 53.3. The first-order valence-electron chi connectivity index (χ1n) is 41.1. The third-order valence-electron chi connectivity index (χ3n) is 21.6. The van der Waals surface area contributed by atoms with Gasteiger partial charge in [-0.2, -0.15) is 0 Å². The van der Waals surface area contributed by atoms with Crippen LogP contribution in [0.3, 0.4) is 0 Å². The summed E-state index contributed by atoms with van der Waals surface area (Å²) in [5.74, 6) is -7.70. The molecule has 0 aliphatic carbocycles. The van der Waals surface area contributed by atoms with Gasteiger partial charge in [0.15, 0.2) is 25.2 Å². The highest BCUT2D eigenvalue weighted by Gasteiger charge is 2.62. The monoisotopic (exact) mass is 1600 g/mol. The van der Waals surface area contributed by atoms with Gasteiger partial charge < -0.3 is 150 Å². The van der Waals surface area contributed by atoms with Gasteiger partial charge in [-0.1, -0.05) is 206 Å². The number of rotatable bonds is 56. The minimum Gasteiger partial charge on any atom is -0.477 e. The van der Waals surface area contributed by atoms with E-state index < -0.39 is 235 Å². The van der Waals surface area contributed by atoms with E-state index in [0.717, 1.165) is 71.6 Å². The lowest BCUT2D eigenvalue weighted by Gasteiger charge is -2.52. The van der Waals surface area contributed by atoms with Crippen molar-refractivity contribution in [1.82, 2.24) is 16.0 Å². The van der Waals surface area contributed by atoms with Crippen LogP contribution in [-0.4, -0.2) is 321 Å². The van der Waals surface area contributed by atoms with Crippen molar-refractivity contribution in [2.45, 2.75) is 411 Å². The summed E-state index contributed by atoms with van der Waals surface area (Å²) in [5, 5.41) is 197. The highest BCUT2D eigenvalue weighted by Crippen LogP contribution is 2.41. The number of amides is 3. The van der Waals surface area contributed by atoms with Crippen LogP contribution in [0.4, 0.5) is 0 Å². The van der Waals surface area contributed by atoms with Crippen LogP contribution in [0.25, 0.3) is 0 Å². The molecule has 111 heavy (non-hydrogen) atoms. The van der Waals surface area contributed by atoms with Gasteiger partial charge in [-0.3, -0.25) is 14.4 Å². The van der Waals surface area contributed by atoms with E-state index in [1.807, 2.05) is 6.08 Å². The zero-order valence-corrected chi connectivity index (χ0v) is 65.6. The van der Waals surface area contributed by atoms with Gasteiger partial charge in [0.2, 0.25) is 17.7 Å². The minimum atomic E-state index is -3.38. The number of aliphatic carboxylic acids is 1. The molecule has 0 spiro atoms. The second-order valence-corrected chi connectivity index (χ2v) is 30.7. The summed E-state index contributed by atoms with van der Waals surface area (Å²) >= 11 is 0. The van der Waals surface area contributed by atoms with E-state index in [9.17, 15) is 106 Å². The first-order valence-corrected chi connectivity index (χ1v) is 41.1. The molecule has 5 aliphatic heterocycles. The largest absolute Gasteiger partial charge is 0.477 e. The molecular formula is C77H139N3O31. The number of hydrogen-bond acceptors (Lipinski definition) is 30. The summed E-state index contributed by atoms with van der Waals surface area (Å²) in [6.45, 7) is 0.352. The van der Waals surface area contributed by atoms with Crippen LogP contribution < -0.4 is 16.0 Å². The molecule has 20 N–H and O–H groups in total. The number of carboxylic acids is 1. The van der Waals surface area contributed by atoms with Crippen molar-refractivity contribution >= 4 is 23.7 Å². The lowest BCUT2D eigenvalue weighted by atomic mass is 9.88. The van der Waals surface area contributed by atoms with Crippen LogP contribution in [0.1, 0.15) is 240 Å². The molecule has 648 valence electrons. The molecule has 28 atom stereocenters. The van der Waals surface area contributed by atoms with Gasteiger partial charge in [-0.25, -0.2) is 4.79 Å². The van der Waals surface area contributed by atoms with Crippen LogP contribution in [0.15, 0.2) is 12.2 Å². The van der Waals surface area contributed by atoms with Crippen molar-refractivity contribution < 1.29 is 153 Å². The summed E-state index contributed by atoms with van der Waals surface area (Å²) in [4.78, 5) is 53.1. The van der Waals surface area contributed by atoms with Gasteiger partial charge >= 0.3 is 5.97 Å². The van der Waals surface area contributed by atoms with Crippen LogP contribution in [0.2, 0.25) is 0 Å². The molecule has 0 aromatic heterocycles. The molecule has 5 heterocycles. The number of carbonyl (C=O) groups is 4. The van der Waals surface area contributed by atoms with Crippen LogP contribution in [0, 0.1) is 0 Å². The number of carbonyl (C=O) groups excluding carboxylic acids is 3. The van der Waals surface area contributed by atoms with E-state index in [0.29, 0.717) is 12.8 Å². The van der Waals surface area contributed by atoms with Crippen molar-refractivity contribution in [1.29, 1.82) is 0 Å². The van der Waals surface area contributed by atoms with Gasteiger partial charge in [0.05, 0.1) is 63.9 Å². The predicted octanol–water partition coefficient (Wildman–Crippen LogP) is 0.518. The zero-order chi connectivity index (χ0) is 81.6. The van der Waals surface area contributed by atoms with Crippen LogP contribution >= 0.6 is 0 Å². The maximum Gasteiger partial charge on any atom is 0.364 e. The molecular weight excluding hydrogens is 1460 g/mol. The number of aliphatic hydroxyl groups excluding tert-OH is 16. The number of ether oxygens (including phenoxy) is 10. The Morgan fingerprint density at radius 1 is 0.468 bits per heavy atom. The number of hydrogen-bond donors (Lipinski definition) is 20. The normalized spacial score (nSPS) is 33.8. The summed E-state index contributed by atoms with van der Waals surface area (Å²) in [6.07, 6.45) is -11.3. The van der Waals surface area contributed by atoms with E-state index in [-0.39, 0.29) is 12.3 Å². The summed E-state index contributed by atoms with van der Waals surface area (Å²) in [6, 6.07) is -4.81. The Bertz CT molecular complexity index is 2570. The van der Waals surface area contributed by atoms with E-state index >= 15 is 0 Å². The molecule has 0 radical (unpaired) electrons. The van der Waals surface area contributed by atoms with E-state index in [1.54, 1.807) is 6.08 Å². The molecule has 5 aliphatic rings. The maximum absolute atomic E-state index is 13.8. The number of nitrogens with one attached hydrogen (secondary N) is 3. The molecule has 0 bridgehead atoms. The average molecular weight is 1600 g/mol. The van der Waals surface area contributed by atoms with E-state index in [2.05, 4.69) is 29.8 Å². The van der Waals surface area contributed by atoms with Crippen molar-refractivity contribution in [3.63, 3.8) is 0 Å². The molecule has 0 aromatic rings. The van der Waals surface area contributed by atoms with E-state index in [4.69, 9.17) is 47.4 Å². The highest BCUT2D eigenvalue weighted by molar-refractivity contribution is 5.77. The van der Waals surface area contributed by atoms with E-state index in [1.165, 1.54) is 128 Å². The molecule has 5 rings (SSSR count). The van der Waals surface area contributed by atoms with Gasteiger partial charge in [0, 0.05) is 26.7 Å². The Morgan fingerprint density at radius 2 is 0.892 bits per heavy atom. The lowest BCUT2D eigenvalue weighted by Crippen LogP contribution is -2.72. The second kappa shape index (κ2) is 53.1. The first kappa shape index (κ1) is 98.2. The van der Waals surface area contributed by atoms with Gasteiger partial charge in [-0.05, 0) is 19.3 Å². The average Bonchev–Trinajstić information content (AvgIpc) is 0.749. The van der Waals surface area contributed by atoms with Gasteiger partial charge in [0.25, 0.3) is 5.79 Å². The molecule has 0 aromatic carbocycles. The number of allylic oxidation sites excluding steroid dienone is 1. The maximum atomic E-state index is 13.8. The Kier molecular flexibility index (Phi) is 47.0. The number of aliphatic hydroxyl groups is 16. The topological polar surface area (TPSA) is 541 Å². The minimum absolute atomic E-state index is 0.135. The molecule has 5 saturated heterocycles. The number of unbranched alkanes of at least 4 members (excludes halogenated alkanes) is 29. The fraction of sp³-hybridized carbons (Fsp3) is 0.922. The molecule has 34 nitrogen and oxygen atoms in total. The smallest absolute Gasteiger partial charge is 0.364 e. The second-order valence-electron chi connectivity index (χ2n) is 30.7. The Hall–Kier alpha value is -3.42. The molecule has 5 fully saturated rings. The number of carboxylic acid groups (broad SMARTS) is 1. The summed E-state index contributed by atoms with van der Waals surface area (Å²) in [7, 11) is 0. The van der Waals surface area contributed by atoms with Crippen molar-refractivity contribution in [3.8, 4) is 0 Å². The van der Waals surface area contributed by atoms with Crippen molar-refractivity contribution in [3.05, 3.63) is 12.2 Å².